The van der Waals surface area contributed by atoms with Crippen LogP contribution >= 0.6 is 0 Å². The maximum absolute atomic E-state index is 13.3. The largest absolute Gasteiger partial charge is 0.381 e. The first kappa shape index (κ1) is 22.7. The monoisotopic (exact) mass is 491 g/mol. The van der Waals surface area contributed by atoms with Crippen LogP contribution in [0.4, 0.5) is 26.0 Å². The number of ether oxygens (including phenoxy) is 1. The van der Waals surface area contributed by atoms with E-state index in [0.29, 0.717) is 13.2 Å². The van der Waals surface area contributed by atoms with E-state index in [-0.39, 0.29) is 51.0 Å². The van der Waals surface area contributed by atoms with Gasteiger partial charge in [-0.1, -0.05) is 6.07 Å². The van der Waals surface area contributed by atoms with Crippen LogP contribution in [0.3, 0.4) is 0 Å². The Bertz CT molecular complexity index is 1370. The maximum atomic E-state index is 13.3. The average Bonchev–Trinajstić information content (AvgIpc) is 3.30. The molecule has 0 spiro atoms. The van der Waals surface area contributed by atoms with Gasteiger partial charge in [0.05, 0.1) is 22.9 Å². The van der Waals surface area contributed by atoms with Crippen molar-refractivity contribution in [1.29, 1.82) is 0 Å². The first-order valence-electron chi connectivity index (χ1n) is 10.9. The van der Waals surface area contributed by atoms with E-state index in [0.717, 1.165) is 31.1 Å². The minimum Gasteiger partial charge on any atom is -0.381 e. The summed E-state index contributed by atoms with van der Waals surface area (Å²) in [5, 5.41) is 5.72. The molecule has 180 valence electrons. The van der Waals surface area contributed by atoms with Gasteiger partial charge < -0.3 is 20.4 Å². The van der Waals surface area contributed by atoms with Gasteiger partial charge in [0, 0.05) is 30.8 Å². The molecule has 2 aromatic heterocycles. The zero-order valence-corrected chi connectivity index (χ0v) is 19.1. The predicted molar refractivity (Wildman–Crippen MR) is 121 cm³/mol. The van der Waals surface area contributed by atoms with Crippen LogP contribution in [0.2, 0.25) is 0 Å². The van der Waals surface area contributed by atoms with Gasteiger partial charge in [-0.2, -0.15) is 0 Å². The Morgan fingerprint density at radius 2 is 1.97 bits per heavy atom. The van der Waals surface area contributed by atoms with Gasteiger partial charge in [0.2, 0.25) is 5.91 Å². The molecule has 1 aromatic carbocycles. The molecule has 1 atom stereocenters. The van der Waals surface area contributed by atoms with E-state index < -0.39 is 22.1 Å². The molecule has 3 heterocycles. The summed E-state index contributed by atoms with van der Waals surface area (Å²) in [6.07, 6.45) is 0.624. The molecule has 3 N–H and O–H groups in total. The zero-order valence-electron chi connectivity index (χ0n) is 18.3. The molecule has 1 amide bonds. The standard InChI is InChI=1S/C22H23F2N5O4S/c1-34(31,32)16-8-12(13-6-7-33-10-13)4-5-14(16)25-15-9-17(27-22(30)11-2-3-11)26-20-18(15)28-21(29-20)19(23)24/h4-5,8-9,11,13,19H,2-3,6-7,10H2,1H3,(H3,25,26,27,28,29,30). The van der Waals surface area contributed by atoms with Crippen LogP contribution in [0.15, 0.2) is 29.2 Å². The molecule has 5 rings (SSSR count). The van der Waals surface area contributed by atoms with Gasteiger partial charge in [0.15, 0.2) is 21.3 Å². The number of aromatic amines is 1. The van der Waals surface area contributed by atoms with E-state index in [9.17, 15) is 22.0 Å². The summed E-state index contributed by atoms with van der Waals surface area (Å²) in [6, 6.07) is 6.53. The summed E-state index contributed by atoms with van der Waals surface area (Å²) < 4.78 is 57.2. The highest BCUT2D eigenvalue weighted by atomic mass is 32.2. The number of carbonyl (C=O) groups is 1. The molecule has 9 nitrogen and oxygen atoms in total. The van der Waals surface area contributed by atoms with Crippen LogP contribution in [0.5, 0.6) is 0 Å². The number of fused-ring (bicyclic) bond motifs is 1. The highest BCUT2D eigenvalue weighted by Gasteiger charge is 2.30. The number of halogens is 2. The maximum Gasteiger partial charge on any atom is 0.295 e. The number of nitrogens with zero attached hydrogens (tertiary/aromatic N) is 2. The van der Waals surface area contributed by atoms with Crippen molar-refractivity contribution in [3.8, 4) is 0 Å². The third-order valence-corrected chi connectivity index (χ3v) is 7.09. The van der Waals surface area contributed by atoms with Crippen LogP contribution in [0.25, 0.3) is 11.2 Å². The van der Waals surface area contributed by atoms with Crippen LogP contribution in [-0.4, -0.2) is 48.7 Å². The Labute approximate surface area is 194 Å². The molecule has 1 saturated heterocycles. The molecule has 2 aliphatic rings. The van der Waals surface area contributed by atoms with Gasteiger partial charge >= 0.3 is 0 Å². The molecule has 1 saturated carbocycles. The fourth-order valence-corrected chi connectivity index (χ4v) is 4.86. The van der Waals surface area contributed by atoms with Gasteiger partial charge in [-0.25, -0.2) is 27.2 Å². The Morgan fingerprint density at radius 3 is 2.62 bits per heavy atom. The van der Waals surface area contributed by atoms with Crippen LogP contribution in [0.1, 0.15) is 43.0 Å². The SMILES string of the molecule is CS(=O)(=O)c1cc(C2CCOC2)ccc1Nc1cc(NC(=O)C2CC2)nc2[nH]c(C(F)F)nc12. The quantitative estimate of drug-likeness (QED) is 0.458. The van der Waals surface area contributed by atoms with Crippen LogP contribution in [0, 0.1) is 5.92 Å². The van der Waals surface area contributed by atoms with Crippen molar-refractivity contribution < 1.29 is 26.7 Å². The summed E-state index contributed by atoms with van der Waals surface area (Å²) in [5.74, 6) is -0.609. The second-order valence-corrected chi connectivity index (χ2v) is 10.6. The Morgan fingerprint density at radius 1 is 1.18 bits per heavy atom. The number of pyridine rings is 1. The molecule has 0 bridgehead atoms. The number of sulfone groups is 1. The van der Waals surface area contributed by atoms with Gasteiger partial charge in [-0.15, -0.1) is 0 Å². The lowest BCUT2D eigenvalue weighted by molar-refractivity contribution is -0.117. The number of anilines is 3. The first-order valence-corrected chi connectivity index (χ1v) is 12.8. The van der Waals surface area contributed by atoms with E-state index in [2.05, 4.69) is 25.6 Å². The van der Waals surface area contributed by atoms with Gasteiger partial charge in [-0.3, -0.25) is 4.79 Å². The molecular weight excluding hydrogens is 468 g/mol. The lowest BCUT2D eigenvalue weighted by atomic mass is 9.98. The van der Waals surface area contributed by atoms with Crippen molar-refractivity contribution in [2.45, 2.75) is 36.5 Å². The molecule has 2 fully saturated rings. The fourth-order valence-electron chi connectivity index (χ4n) is 3.99. The topological polar surface area (TPSA) is 126 Å². The third kappa shape index (κ3) is 4.60. The first-order chi connectivity index (χ1) is 16.2. The van der Waals surface area contributed by atoms with Crippen molar-refractivity contribution >= 4 is 44.1 Å². The van der Waals surface area contributed by atoms with Crippen LogP contribution in [-0.2, 0) is 19.4 Å². The zero-order chi connectivity index (χ0) is 24.0. The smallest absolute Gasteiger partial charge is 0.295 e. The number of H-pyrrole nitrogens is 1. The van der Waals surface area contributed by atoms with Crippen molar-refractivity contribution in [1.82, 2.24) is 15.0 Å². The lowest BCUT2D eigenvalue weighted by Gasteiger charge is -2.16. The number of amides is 1. The molecule has 1 aliphatic heterocycles. The summed E-state index contributed by atoms with van der Waals surface area (Å²) in [5.41, 5.74) is 1.50. The number of hydrogen-bond donors (Lipinski definition) is 3. The summed E-state index contributed by atoms with van der Waals surface area (Å²) in [6.45, 7) is 1.14. The van der Waals surface area contributed by atoms with E-state index in [1.165, 1.54) is 6.07 Å². The average molecular weight is 492 g/mol. The second-order valence-electron chi connectivity index (χ2n) is 8.65. The van der Waals surface area contributed by atoms with Crippen molar-refractivity contribution in [3.05, 3.63) is 35.7 Å². The summed E-state index contributed by atoms with van der Waals surface area (Å²) >= 11 is 0. The number of imidazole rings is 1. The molecule has 34 heavy (non-hydrogen) atoms. The summed E-state index contributed by atoms with van der Waals surface area (Å²) in [4.78, 5) is 22.9. The normalized spacial score (nSPS) is 18.5. The van der Waals surface area contributed by atoms with E-state index >= 15 is 0 Å². The molecule has 3 aromatic rings. The Balaban J connectivity index is 1.57. The number of carbonyl (C=O) groups excluding carboxylic acids is 1. The van der Waals surface area contributed by atoms with Crippen LogP contribution < -0.4 is 10.6 Å². The molecule has 12 heteroatoms. The fraction of sp³-hybridized carbons (Fsp3) is 0.409. The van der Waals surface area contributed by atoms with Gasteiger partial charge in [-0.05, 0) is 37.0 Å². The highest BCUT2D eigenvalue weighted by Crippen LogP contribution is 2.35. The predicted octanol–water partition coefficient (Wildman–Crippen LogP) is 3.90. The lowest BCUT2D eigenvalue weighted by Crippen LogP contribution is -2.14. The second kappa shape index (κ2) is 8.58. The minimum absolute atomic E-state index is 0.0482. The number of benzene rings is 1. The highest BCUT2D eigenvalue weighted by molar-refractivity contribution is 7.90. The molecule has 0 radical (unpaired) electrons. The summed E-state index contributed by atoms with van der Waals surface area (Å²) in [7, 11) is -3.64. The van der Waals surface area contributed by atoms with E-state index in [1.54, 1.807) is 12.1 Å². The van der Waals surface area contributed by atoms with E-state index in [1.807, 2.05) is 6.07 Å². The Kier molecular flexibility index (Phi) is 5.72. The number of rotatable bonds is 7. The van der Waals surface area contributed by atoms with Crippen molar-refractivity contribution in [2.75, 3.05) is 30.1 Å². The minimum atomic E-state index is -3.64. The number of hydrogen-bond acceptors (Lipinski definition) is 7. The molecule has 1 aliphatic carbocycles. The third-order valence-electron chi connectivity index (χ3n) is 5.95. The number of alkyl halides is 2. The Hall–Kier alpha value is -3.12. The molecule has 1 unspecified atom stereocenters. The van der Waals surface area contributed by atoms with Gasteiger partial charge in [0.1, 0.15) is 11.3 Å². The van der Waals surface area contributed by atoms with Crippen molar-refractivity contribution in [2.24, 2.45) is 5.92 Å². The van der Waals surface area contributed by atoms with Gasteiger partial charge in [0.25, 0.3) is 6.43 Å². The van der Waals surface area contributed by atoms with Crippen molar-refractivity contribution in [3.63, 3.8) is 0 Å². The number of nitrogens with one attached hydrogen (secondary N) is 3. The molecular formula is C22H23F2N5O4S. The van der Waals surface area contributed by atoms with E-state index in [4.69, 9.17) is 4.74 Å². The number of aromatic nitrogens is 3.